The molecule has 1 rings (SSSR count). The van der Waals surface area contributed by atoms with Crippen molar-refractivity contribution < 1.29 is 0 Å². The number of benzene rings is 1. The van der Waals surface area contributed by atoms with Crippen LogP contribution in [0, 0.1) is 29.5 Å². The van der Waals surface area contributed by atoms with Crippen molar-refractivity contribution in [3.8, 4) is 22.6 Å². The molecule has 0 aliphatic rings. The molecule has 0 atom stereocenters. The molecule has 0 N–H and O–H groups in total. The van der Waals surface area contributed by atoms with E-state index in [2.05, 4.69) is 22.6 Å². The van der Waals surface area contributed by atoms with E-state index in [1.54, 1.807) is 0 Å². The van der Waals surface area contributed by atoms with Gasteiger partial charge in [-0.15, -0.1) is 0 Å². The first-order chi connectivity index (χ1) is 6.27. The fraction of sp³-hybridized carbons (Fsp3) is 0.0909. The molecule has 0 saturated carbocycles. The normalized spacial score (nSPS) is 7.92. The minimum atomic E-state index is 0.800. The Hall–Kier alpha value is -1.08. The van der Waals surface area contributed by atoms with Crippen LogP contribution >= 0.6 is 23.2 Å². The highest BCUT2D eigenvalue weighted by atomic mass is 35.5. The van der Waals surface area contributed by atoms with Gasteiger partial charge < -0.3 is 0 Å². The lowest BCUT2D eigenvalue weighted by molar-refractivity contribution is 1.44. The van der Waals surface area contributed by atoms with Gasteiger partial charge in [0.2, 0.25) is 0 Å². The fourth-order valence-electron chi connectivity index (χ4n) is 0.972. The maximum atomic E-state index is 5.32. The first kappa shape index (κ1) is 10.0. The SMILES string of the molecule is Cc1ccc(C#CCl)c(C#CCl)c1. The zero-order valence-electron chi connectivity index (χ0n) is 6.99. The summed E-state index contributed by atoms with van der Waals surface area (Å²) in [6.45, 7) is 1.98. The molecule has 0 nitrogen and oxygen atoms in total. The van der Waals surface area contributed by atoms with Crippen LogP contribution in [0.2, 0.25) is 0 Å². The molecule has 64 valence electrons. The highest BCUT2D eigenvalue weighted by Crippen LogP contribution is 2.09. The summed E-state index contributed by atoms with van der Waals surface area (Å²) in [4.78, 5) is 0. The molecule has 0 bridgehead atoms. The molecular weight excluding hydrogens is 203 g/mol. The van der Waals surface area contributed by atoms with Gasteiger partial charge in [0.25, 0.3) is 0 Å². The first-order valence-electron chi connectivity index (χ1n) is 3.62. The number of rotatable bonds is 0. The quantitative estimate of drug-likeness (QED) is 0.576. The Morgan fingerprint density at radius 2 is 1.62 bits per heavy atom. The molecule has 0 unspecified atom stereocenters. The smallest absolute Gasteiger partial charge is 0.0417 e. The van der Waals surface area contributed by atoms with E-state index >= 15 is 0 Å². The van der Waals surface area contributed by atoms with Crippen molar-refractivity contribution in [2.75, 3.05) is 0 Å². The number of halogens is 2. The zero-order chi connectivity index (χ0) is 9.68. The topological polar surface area (TPSA) is 0 Å². The van der Waals surface area contributed by atoms with Crippen LogP contribution in [-0.2, 0) is 0 Å². The summed E-state index contributed by atoms with van der Waals surface area (Å²) in [5.74, 6) is 5.50. The third kappa shape index (κ3) is 2.71. The Kier molecular flexibility index (Phi) is 3.71. The number of hydrogen-bond acceptors (Lipinski definition) is 0. The molecule has 0 saturated heterocycles. The van der Waals surface area contributed by atoms with Gasteiger partial charge in [-0.2, -0.15) is 0 Å². The standard InChI is InChI=1S/C11H6Cl2/c1-9-2-3-10(4-6-12)11(8-9)5-7-13/h2-3,8H,1H3. The van der Waals surface area contributed by atoms with Crippen LogP contribution in [0.15, 0.2) is 18.2 Å². The fourth-order valence-corrected chi connectivity index (χ4v) is 1.18. The van der Waals surface area contributed by atoms with E-state index in [0.717, 1.165) is 16.7 Å². The lowest BCUT2D eigenvalue weighted by atomic mass is 10.1. The van der Waals surface area contributed by atoms with E-state index in [1.807, 2.05) is 25.1 Å². The summed E-state index contributed by atoms with van der Waals surface area (Å²) in [6.07, 6.45) is 0. The van der Waals surface area contributed by atoms with Crippen molar-refractivity contribution in [2.24, 2.45) is 0 Å². The second-order valence-electron chi connectivity index (χ2n) is 2.49. The Labute approximate surface area is 87.9 Å². The van der Waals surface area contributed by atoms with Crippen LogP contribution in [0.5, 0.6) is 0 Å². The maximum Gasteiger partial charge on any atom is 0.0417 e. The third-order valence-electron chi connectivity index (χ3n) is 1.54. The molecule has 1 aromatic carbocycles. The molecule has 2 heteroatoms. The van der Waals surface area contributed by atoms with Crippen molar-refractivity contribution in [1.29, 1.82) is 0 Å². The van der Waals surface area contributed by atoms with Crippen molar-refractivity contribution >= 4 is 23.2 Å². The van der Waals surface area contributed by atoms with E-state index < -0.39 is 0 Å². The van der Waals surface area contributed by atoms with Crippen LogP contribution in [0.4, 0.5) is 0 Å². The Morgan fingerprint density at radius 1 is 1.00 bits per heavy atom. The average molecular weight is 209 g/mol. The predicted octanol–water partition coefficient (Wildman–Crippen LogP) is 3.09. The molecule has 0 aliphatic heterocycles. The van der Waals surface area contributed by atoms with Crippen LogP contribution in [-0.4, -0.2) is 0 Å². The third-order valence-corrected chi connectivity index (χ3v) is 1.73. The molecule has 0 radical (unpaired) electrons. The minimum Gasteiger partial charge on any atom is -0.0580 e. The molecule has 13 heavy (non-hydrogen) atoms. The molecular formula is C11H6Cl2. The van der Waals surface area contributed by atoms with Gasteiger partial charge in [0.15, 0.2) is 0 Å². The Balaban J connectivity index is 3.29. The summed E-state index contributed by atoms with van der Waals surface area (Å²) in [5, 5.41) is 4.64. The lowest BCUT2D eigenvalue weighted by Crippen LogP contribution is -1.84. The van der Waals surface area contributed by atoms with Crippen LogP contribution in [0.25, 0.3) is 0 Å². The zero-order valence-corrected chi connectivity index (χ0v) is 8.50. The van der Waals surface area contributed by atoms with Gasteiger partial charge in [-0.25, -0.2) is 0 Å². The van der Waals surface area contributed by atoms with Crippen molar-refractivity contribution in [3.63, 3.8) is 0 Å². The highest BCUT2D eigenvalue weighted by molar-refractivity contribution is 6.30. The Morgan fingerprint density at radius 3 is 2.23 bits per heavy atom. The summed E-state index contributed by atoms with van der Waals surface area (Å²) >= 11 is 10.6. The molecule has 0 fully saturated rings. The van der Waals surface area contributed by atoms with E-state index in [9.17, 15) is 0 Å². The summed E-state index contributed by atoms with van der Waals surface area (Å²) in [5.41, 5.74) is 2.73. The molecule has 0 spiro atoms. The van der Waals surface area contributed by atoms with Crippen molar-refractivity contribution in [3.05, 3.63) is 34.9 Å². The van der Waals surface area contributed by atoms with Crippen LogP contribution in [0.1, 0.15) is 16.7 Å². The van der Waals surface area contributed by atoms with Crippen molar-refractivity contribution in [1.82, 2.24) is 0 Å². The second-order valence-corrected chi connectivity index (χ2v) is 2.87. The van der Waals surface area contributed by atoms with Crippen molar-refractivity contribution in [2.45, 2.75) is 6.92 Å². The van der Waals surface area contributed by atoms with Crippen LogP contribution in [0.3, 0.4) is 0 Å². The molecule has 1 aromatic rings. The lowest BCUT2D eigenvalue weighted by Gasteiger charge is -1.97. The van der Waals surface area contributed by atoms with Gasteiger partial charge in [0.05, 0.1) is 0 Å². The van der Waals surface area contributed by atoms with Gasteiger partial charge in [0.1, 0.15) is 0 Å². The maximum absolute atomic E-state index is 5.32. The summed E-state index contributed by atoms with van der Waals surface area (Å²) in [7, 11) is 0. The monoisotopic (exact) mass is 208 g/mol. The molecule has 0 aromatic heterocycles. The average Bonchev–Trinajstić information content (AvgIpc) is 2.10. The van der Waals surface area contributed by atoms with E-state index in [0.29, 0.717) is 0 Å². The van der Waals surface area contributed by atoms with Gasteiger partial charge in [0, 0.05) is 21.9 Å². The Bertz CT molecular complexity index is 425. The second kappa shape index (κ2) is 4.83. The highest BCUT2D eigenvalue weighted by Gasteiger charge is 1.96. The molecule has 0 heterocycles. The minimum absolute atomic E-state index is 0.800. The van der Waals surface area contributed by atoms with E-state index in [-0.39, 0.29) is 0 Å². The largest absolute Gasteiger partial charge is 0.0580 e. The number of hydrogen-bond donors (Lipinski definition) is 0. The van der Waals surface area contributed by atoms with Gasteiger partial charge in [-0.05, 0) is 59.7 Å². The molecule has 0 amide bonds. The summed E-state index contributed by atoms with van der Waals surface area (Å²) in [6, 6.07) is 5.75. The predicted molar refractivity (Wildman–Crippen MR) is 56.6 cm³/mol. The first-order valence-corrected chi connectivity index (χ1v) is 4.37. The van der Waals surface area contributed by atoms with Gasteiger partial charge >= 0.3 is 0 Å². The molecule has 0 aliphatic carbocycles. The summed E-state index contributed by atoms with van der Waals surface area (Å²) < 4.78 is 0. The van der Waals surface area contributed by atoms with Gasteiger partial charge in [-0.1, -0.05) is 6.07 Å². The van der Waals surface area contributed by atoms with E-state index in [4.69, 9.17) is 23.2 Å². The number of aryl methyl sites for hydroxylation is 1. The van der Waals surface area contributed by atoms with Crippen LogP contribution < -0.4 is 0 Å². The van der Waals surface area contributed by atoms with Gasteiger partial charge in [-0.3, -0.25) is 0 Å². The van der Waals surface area contributed by atoms with E-state index in [1.165, 1.54) is 0 Å².